The minimum absolute atomic E-state index is 0.287. The molecule has 2 aromatic rings. The van der Waals surface area contributed by atoms with Crippen LogP contribution in [0.15, 0.2) is 30.3 Å². The number of para-hydroxylation sites is 1. The van der Waals surface area contributed by atoms with Crippen molar-refractivity contribution in [2.24, 2.45) is 0 Å². The third-order valence-corrected chi connectivity index (χ3v) is 2.74. The van der Waals surface area contributed by atoms with E-state index in [0.29, 0.717) is 11.0 Å². The number of rotatable bonds is 4. The van der Waals surface area contributed by atoms with Crippen LogP contribution in [0.3, 0.4) is 0 Å². The molecule has 5 heteroatoms. The summed E-state index contributed by atoms with van der Waals surface area (Å²) in [6.07, 6.45) is 0. The van der Waals surface area contributed by atoms with Gasteiger partial charge in [0.05, 0.1) is 10.7 Å². The molecule has 2 rings (SSSR count). The second kappa shape index (κ2) is 5.89. The number of benzene rings is 1. The van der Waals surface area contributed by atoms with Crippen molar-refractivity contribution in [1.82, 2.24) is 9.97 Å². The van der Waals surface area contributed by atoms with Crippen LogP contribution >= 0.6 is 11.6 Å². The summed E-state index contributed by atoms with van der Waals surface area (Å²) in [6, 6.07) is 9.74. The van der Waals surface area contributed by atoms with Crippen LogP contribution in [0.25, 0.3) is 0 Å². The minimum Gasteiger partial charge on any atom is -0.352 e. The van der Waals surface area contributed by atoms with E-state index in [1.54, 1.807) is 0 Å². The lowest BCUT2D eigenvalue weighted by Crippen LogP contribution is -2.13. The first kappa shape index (κ1) is 13.6. The lowest BCUT2D eigenvalue weighted by Gasteiger charge is -2.12. The first-order chi connectivity index (χ1) is 9.04. The zero-order chi connectivity index (χ0) is 13.8. The van der Waals surface area contributed by atoms with E-state index in [4.69, 9.17) is 11.6 Å². The predicted molar refractivity (Wildman–Crippen MR) is 80.3 cm³/mol. The van der Waals surface area contributed by atoms with Crippen LogP contribution in [0.2, 0.25) is 5.02 Å². The summed E-state index contributed by atoms with van der Waals surface area (Å²) in [5.41, 5.74) is 1.73. The Morgan fingerprint density at radius 3 is 2.58 bits per heavy atom. The number of nitrogens with one attached hydrogen (secondary N) is 2. The molecule has 0 aliphatic rings. The number of anilines is 3. The average Bonchev–Trinajstić information content (AvgIpc) is 2.30. The van der Waals surface area contributed by atoms with Gasteiger partial charge in [0, 0.05) is 17.8 Å². The molecule has 0 unspecified atom stereocenters. The van der Waals surface area contributed by atoms with Gasteiger partial charge in [-0.05, 0) is 32.9 Å². The Kier molecular flexibility index (Phi) is 4.22. The predicted octanol–water partition coefficient (Wildman–Crippen LogP) is 4.00. The zero-order valence-corrected chi connectivity index (χ0v) is 12.0. The molecule has 2 N–H and O–H groups in total. The SMILES string of the molecule is Cc1cc(Nc2ccccc2Cl)nc(NC(C)C)n1. The van der Waals surface area contributed by atoms with E-state index in [-0.39, 0.29) is 6.04 Å². The highest BCUT2D eigenvalue weighted by Gasteiger charge is 2.05. The standard InChI is InChI=1S/C14H17ClN4/c1-9(2)16-14-17-10(3)8-13(19-14)18-12-7-5-4-6-11(12)15/h4-9H,1-3H3,(H2,16,17,18,19). The van der Waals surface area contributed by atoms with Crippen LogP contribution in [0.5, 0.6) is 0 Å². The van der Waals surface area contributed by atoms with Crippen LogP contribution in [0.4, 0.5) is 17.5 Å². The maximum absolute atomic E-state index is 6.12. The fourth-order valence-electron chi connectivity index (χ4n) is 1.66. The molecule has 0 radical (unpaired) electrons. The van der Waals surface area contributed by atoms with Gasteiger partial charge in [0.2, 0.25) is 5.95 Å². The van der Waals surface area contributed by atoms with Crippen molar-refractivity contribution >= 4 is 29.1 Å². The van der Waals surface area contributed by atoms with Crippen LogP contribution < -0.4 is 10.6 Å². The number of hydrogen-bond acceptors (Lipinski definition) is 4. The van der Waals surface area contributed by atoms with Crippen LogP contribution in [0.1, 0.15) is 19.5 Å². The van der Waals surface area contributed by atoms with Gasteiger partial charge in [0.1, 0.15) is 5.82 Å². The molecule has 0 amide bonds. The van der Waals surface area contributed by atoms with Crippen molar-refractivity contribution in [3.8, 4) is 0 Å². The largest absolute Gasteiger partial charge is 0.352 e. The fraction of sp³-hybridized carbons (Fsp3) is 0.286. The second-order valence-corrected chi connectivity index (χ2v) is 5.03. The topological polar surface area (TPSA) is 49.8 Å². The lowest BCUT2D eigenvalue weighted by atomic mass is 10.3. The van der Waals surface area contributed by atoms with Crippen LogP contribution in [0, 0.1) is 6.92 Å². The van der Waals surface area contributed by atoms with Gasteiger partial charge in [-0.15, -0.1) is 0 Å². The van der Waals surface area contributed by atoms with Gasteiger partial charge in [-0.1, -0.05) is 23.7 Å². The monoisotopic (exact) mass is 276 g/mol. The van der Waals surface area contributed by atoms with E-state index in [2.05, 4.69) is 20.6 Å². The summed E-state index contributed by atoms with van der Waals surface area (Å²) in [6.45, 7) is 6.03. The highest BCUT2D eigenvalue weighted by Crippen LogP contribution is 2.24. The lowest BCUT2D eigenvalue weighted by molar-refractivity contribution is 0.871. The Balaban J connectivity index is 2.25. The number of nitrogens with zero attached hydrogens (tertiary/aromatic N) is 2. The van der Waals surface area contributed by atoms with Crippen molar-refractivity contribution in [2.45, 2.75) is 26.8 Å². The van der Waals surface area contributed by atoms with E-state index < -0.39 is 0 Å². The van der Waals surface area contributed by atoms with Crippen molar-refractivity contribution in [2.75, 3.05) is 10.6 Å². The van der Waals surface area contributed by atoms with Gasteiger partial charge in [-0.2, -0.15) is 4.98 Å². The third-order valence-electron chi connectivity index (χ3n) is 2.41. The molecule has 1 heterocycles. The van der Waals surface area contributed by atoms with Gasteiger partial charge in [0.15, 0.2) is 0 Å². The number of aryl methyl sites for hydroxylation is 1. The van der Waals surface area contributed by atoms with Crippen LogP contribution in [-0.2, 0) is 0 Å². The Hall–Kier alpha value is -1.81. The minimum atomic E-state index is 0.287. The van der Waals surface area contributed by atoms with Gasteiger partial charge in [-0.25, -0.2) is 4.98 Å². The molecule has 0 bridgehead atoms. The maximum atomic E-state index is 6.12. The van der Waals surface area contributed by atoms with Crippen molar-refractivity contribution in [3.63, 3.8) is 0 Å². The van der Waals surface area contributed by atoms with Crippen molar-refractivity contribution in [3.05, 3.63) is 41.0 Å². The number of hydrogen-bond donors (Lipinski definition) is 2. The summed E-state index contributed by atoms with van der Waals surface area (Å²) < 4.78 is 0. The summed E-state index contributed by atoms with van der Waals surface area (Å²) >= 11 is 6.12. The maximum Gasteiger partial charge on any atom is 0.225 e. The molecule has 0 spiro atoms. The van der Waals surface area contributed by atoms with E-state index >= 15 is 0 Å². The summed E-state index contributed by atoms with van der Waals surface area (Å²) in [5, 5.41) is 7.06. The molecule has 0 fully saturated rings. The molecule has 19 heavy (non-hydrogen) atoms. The highest BCUT2D eigenvalue weighted by molar-refractivity contribution is 6.33. The van der Waals surface area contributed by atoms with Crippen LogP contribution in [-0.4, -0.2) is 16.0 Å². The molecular weight excluding hydrogens is 260 g/mol. The molecule has 0 aliphatic heterocycles. The molecule has 100 valence electrons. The first-order valence-electron chi connectivity index (χ1n) is 6.18. The van der Waals surface area contributed by atoms with E-state index in [0.717, 1.165) is 17.2 Å². The van der Waals surface area contributed by atoms with E-state index in [1.807, 2.05) is 51.1 Å². The van der Waals surface area contributed by atoms with Gasteiger partial charge in [-0.3, -0.25) is 0 Å². The average molecular weight is 277 g/mol. The molecule has 1 aromatic heterocycles. The molecular formula is C14H17ClN4. The van der Waals surface area contributed by atoms with Gasteiger partial charge < -0.3 is 10.6 Å². The number of halogens is 1. The number of aromatic nitrogens is 2. The van der Waals surface area contributed by atoms with E-state index in [1.165, 1.54) is 0 Å². The van der Waals surface area contributed by atoms with E-state index in [9.17, 15) is 0 Å². The van der Waals surface area contributed by atoms with Crippen molar-refractivity contribution < 1.29 is 0 Å². The Bertz CT molecular complexity index is 569. The Morgan fingerprint density at radius 2 is 1.89 bits per heavy atom. The van der Waals surface area contributed by atoms with Crippen molar-refractivity contribution in [1.29, 1.82) is 0 Å². The second-order valence-electron chi connectivity index (χ2n) is 4.62. The smallest absolute Gasteiger partial charge is 0.225 e. The molecule has 0 saturated heterocycles. The quantitative estimate of drug-likeness (QED) is 0.886. The highest BCUT2D eigenvalue weighted by atomic mass is 35.5. The zero-order valence-electron chi connectivity index (χ0n) is 11.2. The molecule has 0 atom stereocenters. The van der Waals surface area contributed by atoms with Gasteiger partial charge >= 0.3 is 0 Å². The third kappa shape index (κ3) is 3.83. The summed E-state index contributed by atoms with van der Waals surface area (Å²) in [4.78, 5) is 8.76. The van der Waals surface area contributed by atoms with Gasteiger partial charge in [0.25, 0.3) is 0 Å². The Morgan fingerprint density at radius 1 is 1.16 bits per heavy atom. The molecule has 4 nitrogen and oxygen atoms in total. The fourth-order valence-corrected chi connectivity index (χ4v) is 1.84. The normalized spacial score (nSPS) is 10.6. The molecule has 0 saturated carbocycles. The first-order valence-corrected chi connectivity index (χ1v) is 6.56. The summed E-state index contributed by atoms with van der Waals surface area (Å²) in [7, 11) is 0. The molecule has 1 aromatic carbocycles. The molecule has 0 aliphatic carbocycles. The Labute approximate surface area is 118 Å². The summed E-state index contributed by atoms with van der Waals surface area (Å²) in [5.74, 6) is 1.34.